The summed E-state index contributed by atoms with van der Waals surface area (Å²) in [5.41, 5.74) is 2.29. The van der Waals surface area contributed by atoms with E-state index < -0.39 is 29.4 Å². The van der Waals surface area contributed by atoms with Crippen LogP contribution in [0.2, 0.25) is 0 Å². The highest BCUT2D eigenvalue weighted by molar-refractivity contribution is 8.18. The van der Waals surface area contributed by atoms with Crippen molar-refractivity contribution >= 4 is 63.1 Å². The van der Waals surface area contributed by atoms with Gasteiger partial charge in [-0.05, 0) is 60.3 Å². The second-order valence-corrected chi connectivity index (χ2v) is 10.5. The third-order valence-electron chi connectivity index (χ3n) is 6.55. The van der Waals surface area contributed by atoms with E-state index in [0.717, 1.165) is 27.6 Å². The summed E-state index contributed by atoms with van der Waals surface area (Å²) < 4.78 is 25.9. The lowest BCUT2D eigenvalue weighted by molar-refractivity contribution is -0.127. The summed E-state index contributed by atoms with van der Waals surface area (Å²) in [4.78, 5) is 52.3. The van der Waals surface area contributed by atoms with Gasteiger partial charge >= 0.3 is 0 Å². The van der Waals surface area contributed by atoms with E-state index >= 15 is 0 Å². The molecule has 212 valence electrons. The molecular weight excluding hydrogens is 563 g/mol. The molecule has 1 saturated heterocycles. The minimum atomic E-state index is -0.590. The molecular formula is C30H23FN4O6S. The topological polar surface area (TPSA) is 119 Å². The molecule has 4 aromatic rings. The molecule has 0 aliphatic carbocycles. The minimum absolute atomic E-state index is 0.0345. The third-order valence-corrected chi connectivity index (χ3v) is 7.46. The minimum Gasteiger partial charge on any atom is -0.486 e. The first-order valence-corrected chi connectivity index (χ1v) is 13.7. The Morgan fingerprint density at radius 3 is 2.38 bits per heavy atom. The predicted octanol–water partition coefficient (Wildman–Crippen LogP) is 4.87. The van der Waals surface area contributed by atoms with Crippen molar-refractivity contribution in [2.24, 2.45) is 0 Å². The molecule has 3 heterocycles. The first-order chi connectivity index (χ1) is 20.3. The number of carbonyl (C=O) groups excluding carboxylic acids is 4. The Morgan fingerprint density at radius 2 is 1.57 bits per heavy atom. The molecule has 0 atom stereocenters. The molecule has 0 bridgehead atoms. The van der Waals surface area contributed by atoms with Crippen LogP contribution in [0.15, 0.2) is 77.8 Å². The van der Waals surface area contributed by atoms with E-state index in [4.69, 9.17) is 9.47 Å². The maximum Gasteiger partial charge on any atom is 0.294 e. The molecule has 6 rings (SSSR count). The average molecular weight is 587 g/mol. The number of amides is 4. The normalized spacial score (nSPS) is 15.4. The van der Waals surface area contributed by atoms with E-state index in [0.29, 0.717) is 41.7 Å². The lowest BCUT2D eigenvalue weighted by Crippen LogP contribution is -2.36. The second-order valence-electron chi connectivity index (χ2n) is 9.46. The molecule has 3 aromatic carbocycles. The maximum atomic E-state index is 13.2. The summed E-state index contributed by atoms with van der Waals surface area (Å²) in [6, 6.07) is 17.7. The molecule has 10 nitrogen and oxygen atoms in total. The Kier molecular flexibility index (Phi) is 7.36. The van der Waals surface area contributed by atoms with E-state index in [1.165, 1.54) is 24.3 Å². The van der Waals surface area contributed by atoms with Crippen LogP contribution < -0.4 is 20.1 Å². The van der Waals surface area contributed by atoms with Crippen molar-refractivity contribution in [1.29, 1.82) is 0 Å². The van der Waals surface area contributed by atoms with Gasteiger partial charge in [0, 0.05) is 40.1 Å². The van der Waals surface area contributed by atoms with Crippen LogP contribution in [0.25, 0.3) is 17.0 Å². The van der Waals surface area contributed by atoms with Gasteiger partial charge in [-0.2, -0.15) is 0 Å². The van der Waals surface area contributed by atoms with E-state index in [1.54, 1.807) is 35.0 Å². The number of halogens is 1. The predicted molar refractivity (Wildman–Crippen MR) is 156 cm³/mol. The van der Waals surface area contributed by atoms with Gasteiger partial charge < -0.3 is 24.7 Å². The van der Waals surface area contributed by atoms with Gasteiger partial charge in [0.2, 0.25) is 11.8 Å². The number of para-hydroxylation sites is 1. The molecule has 42 heavy (non-hydrogen) atoms. The van der Waals surface area contributed by atoms with Gasteiger partial charge in [0.25, 0.3) is 11.1 Å². The molecule has 2 aliphatic rings. The van der Waals surface area contributed by atoms with E-state index in [-0.39, 0.29) is 17.4 Å². The van der Waals surface area contributed by atoms with Crippen molar-refractivity contribution < 1.29 is 33.0 Å². The number of hydrogen-bond donors (Lipinski definition) is 2. The fourth-order valence-electron chi connectivity index (χ4n) is 4.65. The summed E-state index contributed by atoms with van der Waals surface area (Å²) >= 11 is 0.741. The highest BCUT2D eigenvalue weighted by Crippen LogP contribution is 2.35. The van der Waals surface area contributed by atoms with Crippen LogP contribution in [0.4, 0.5) is 20.6 Å². The number of thioether (sulfide) groups is 1. The molecule has 1 aromatic heterocycles. The van der Waals surface area contributed by atoms with Gasteiger partial charge in [-0.3, -0.25) is 24.1 Å². The third kappa shape index (κ3) is 5.70. The summed E-state index contributed by atoms with van der Waals surface area (Å²) in [5.74, 6) is -0.782. The van der Waals surface area contributed by atoms with Crippen molar-refractivity contribution in [3.05, 3.63) is 89.2 Å². The molecule has 2 N–H and O–H groups in total. The van der Waals surface area contributed by atoms with Gasteiger partial charge in [-0.1, -0.05) is 18.2 Å². The Labute approximate surface area is 243 Å². The second kappa shape index (κ2) is 11.4. The molecule has 2 aliphatic heterocycles. The first-order valence-electron chi connectivity index (χ1n) is 12.9. The molecule has 0 saturated carbocycles. The van der Waals surface area contributed by atoms with Crippen LogP contribution in [0, 0.1) is 5.82 Å². The van der Waals surface area contributed by atoms with Crippen LogP contribution in [0.5, 0.6) is 11.5 Å². The smallest absolute Gasteiger partial charge is 0.294 e. The largest absolute Gasteiger partial charge is 0.486 e. The fraction of sp³-hybridized carbons (Fsp3) is 0.133. The zero-order valence-electron chi connectivity index (χ0n) is 22.0. The van der Waals surface area contributed by atoms with Crippen molar-refractivity contribution in [1.82, 2.24) is 9.47 Å². The Balaban J connectivity index is 1.16. The zero-order chi connectivity index (χ0) is 29.2. The number of imide groups is 1. The zero-order valence-corrected chi connectivity index (χ0v) is 22.8. The maximum absolute atomic E-state index is 13.2. The van der Waals surface area contributed by atoms with Crippen LogP contribution in [-0.4, -0.2) is 52.2 Å². The van der Waals surface area contributed by atoms with E-state index in [1.807, 2.05) is 24.3 Å². The number of rotatable bonds is 7. The van der Waals surface area contributed by atoms with Gasteiger partial charge in [-0.25, -0.2) is 4.39 Å². The highest BCUT2D eigenvalue weighted by atomic mass is 32.2. The monoisotopic (exact) mass is 586 g/mol. The van der Waals surface area contributed by atoms with Crippen molar-refractivity contribution in [2.45, 2.75) is 6.54 Å². The van der Waals surface area contributed by atoms with Crippen LogP contribution in [0.1, 0.15) is 5.56 Å². The van der Waals surface area contributed by atoms with Crippen molar-refractivity contribution in [3.63, 3.8) is 0 Å². The van der Waals surface area contributed by atoms with E-state index in [2.05, 4.69) is 10.6 Å². The molecule has 4 amide bonds. The van der Waals surface area contributed by atoms with Crippen molar-refractivity contribution in [3.8, 4) is 11.5 Å². The number of hydrogen-bond acceptors (Lipinski definition) is 7. The lowest BCUT2D eigenvalue weighted by atomic mass is 10.1. The number of anilines is 2. The number of carbonyl (C=O) groups is 4. The highest BCUT2D eigenvalue weighted by Gasteiger charge is 2.36. The van der Waals surface area contributed by atoms with Gasteiger partial charge in [0.1, 0.15) is 32.1 Å². The standard InChI is InChI=1S/C30H23FN4O6S/c31-19-5-7-20(8-6-19)32-27(36)16-34-15-18(22-3-1-2-4-23(22)34)13-26-29(38)35(30(39)42-26)17-28(37)33-21-9-10-24-25(14-21)41-12-11-40-24/h1-10,13-15H,11-12,16-17H2,(H,32,36)(H,33,37)/b26-13-. The molecule has 0 unspecified atom stereocenters. The van der Waals surface area contributed by atoms with Gasteiger partial charge in [0.05, 0.1) is 4.91 Å². The van der Waals surface area contributed by atoms with Crippen LogP contribution in [-0.2, 0) is 20.9 Å². The number of benzene rings is 3. The number of nitrogens with zero attached hydrogens (tertiary/aromatic N) is 2. The number of ether oxygens (including phenoxy) is 2. The summed E-state index contributed by atoms with van der Waals surface area (Å²) in [5, 5.41) is 5.62. The number of aromatic nitrogens is 1. The molecule has 0 spiro atoms. The molecule has 1 fully saturated rings. The van der Waals surface area contributed by atoms with Crippen LogP contribution in [0.3, 0.4) is 0 Å². The lowest BCUT2D eigenvalue weighted by Gasteiger charge is -2.19. The summed E-state index contributed by atoms with van der Waals surface area (Å²) in [6.45, 7) is 0.350. The molecule has 12 heteroatoms. The number of nitrogens with one attached hydrogen (secondary N) is 2. The summed E-state index contributed by atoms with van der Waals surface area (Å²) in [6.07, 6.45) is 3.30. The van der Waals surface area contributed by atoms with E-state index in [9.17, 15) is 23.6 Å². The number of fused-ring (bicyclic) bond motifs is 2. The van der Waals surface area contributed by atoms with Gasteiger partial charge in [-0.15, -0.1) is 0 Å². The Bertz CT molecular complexity index is 1770. The SMILES string of the molecule is O=C(CN1C(=O)S/C(=C\c2cn(CC(=O)Nc3ccc(F)cc3)c3ccccc23)C1=O)Nc1ccc2c(c1)OCCO2. The Morgan fingerprint density at radius 1 is 0.881 bits per heavy atom. The first kappa shape index (κ1) is 27.1. The summed E-state index contributed by atoms with van der Waals surface area (Å²) in [7, 11) is 0. The van der Waals surface area contributed by atoms with Crippen molar-refractivity contribution in [2.75, 3.05) is 30.4 Å². The van der Waals surface area contributed by atoms with Crippen LogP contribution >= 0.6 is 11.8 Å². The quantitative estimate of drug-likeness (QED) is 0.297. The molecule has 0 radical (unpaired) electrons. The fourth-order valence-corrected chi connectivity index (χ4v) is 5.48. The Hall–Kier alpha value is -5.10. The average Bonchev–Trinajstić information content (AvgIpc) is 3.45. The van der Waals surface area contributed by atoms with Gasteiger partial charge in [0.15, 0.2) is 11.5 Å².